The zero-order chi connectivity index (χ0) is 22.2. The Morgan fingerprint density at radius 1 is 1.23 bits per heavy atom. The van der Waals surface area contributed by atoms with Crippen molar-refractivity contribution in [1.82, 2.24) is 9.88 Å². The maximum Gasteiger partial charge on any atom is 0.410 e. The predicted octanol–water partition coefficient (Wildman–Crippen LogP) is 5.41. The van der Waals surface area contributed by atoms with Gasteiger partial charge >= 0.3 is 6.09 Å². The third-order valence-electron chi connectivity index (χ3n) is 6.16. The van der Waals surface area contributed by atoms with Crippen molar-refractivity contribution >= 4 is 17.7 Å². The summed E-state index contributed by atoms with van der Waals surface area (Å²) < 4.78 is 32.9. The van der Waals surface area contributed by atoms with Crippen LogP contribution in [0.4, 0.5) is 13.6 Å². The lowest BCUT2D eigenvalue weighted by molar-refractivity contribution is -0.0886. The maximum absolute atomic E-state index is 13.8. The molecule has 0 radical (unpaired) electrons. The summed E-state index contributed by atoms with van der Waals surface area (Å²) in [6.07, 6.45) is 2.12. The van der Waals surface area contributed by atoms with Gasteiger partial charge in [-0.3, -0.25) is 4.98 Å². The van der Waals surface area contributed by atoms with Crippen LogP contribution in [-0.4, -0.2) is 51.3 Å². The summed E-state index contributed by atoms with van der Waals surface area (Å²) in [5, 5.41) is 12.1. The normalized spacial score (nSPS) is 23.1. The van der Waals surface area contributed by atoms with Gasteiger partial charge in [-0.2, -0.15) is 0 Å². The number of hydrogen-bond donors (Lipinski definition) is 1. The van der Waals surface area contributed by atoms with Gasteiger partial charge in [0.2, 0.25) is 5.92 Å². The molecule has 0 aromatic carbocycles. The van der Waals surface area contributed by atoms with Gasteiger partial charge in [-0.15, -0.1) is 0 Å². The quantitative estimate of drug-likeness (QED) is 0.677. The first-order chi connectivity index (χ1) is 13.9. The van der Waals surface area contributed by atoms with Gasteiger partial charge in [-0.25, -0.2) is 13.6 Å². The second-order valence-corrected chi connectivity index (χ2v) is 10.1. The van der Waals surface area contributed by atoms with Crippen LogP contribution in [0.15, 0.2) is 18.3 Å². The molecule has 1 aromatic heterocycles. The van der Waals surface area contributed by atoms with E-state index in [0.29, 0.717) is 49.5 Å². The number of alkyl halides is 2. The summed E-state index contributed by atoms with van der Waals surface area (Å²) in [5.41, 5.74) is -1.05. The average Bonchev–Trinajstić information content (AvgIpc) is 2.64. The van der Waals surface area contributed by atoms with Crippen molar-refractivity contribution in [3.05, 3.63) is 29.0 Å². The van der Waals surface area contributed by atoms with Gasteiger partial charge in [0.25, 0.3) is 0 Å². The number of aliphatic hydroxyl groups is 1. The van der Waals surface area contributed by atoms with E-state index in [1.807, 2.05) is 20.8 Å². The molecule has 1 N–H and O–H groups in total. The number of ether oxygens (including phenoxy) is 1. The van der Waals surface area contributed by atoms with Crippen LogP contribution in [0.2, 0.25) is 5.02 Å². The standard InChI is InChI=1S/C22H31ClF2N2O3/c1-20(2,3)30-19(28)27-12-10-21(29,11-13-27)18(17-5-4-16(23)14-26-17)15-6-8-22(24,25)9-7-15/h4-5,14-15,18,29H,6-13H2,1-3H3/t18-/m0/s1. The van der Waals surface area contributed by atoms with E-state index < -0.39 is 23.2 Å². The van der Waals surface area contributed by atoms with Gasteiger partial charge in [0, 0.05) is 43.7 Å². The van der Waals surface area contributed by atoms with Crippen LogP contribution in [-0.2, 0) is 4.74 Å². The van der Waals surface area contributed by atoms with E-state index in [9.17, 15) is 18.7 Å². The third kappa shape index (κ3) is 5.61. The van der Waals surface area contributed by atoms with Gasteiger partial charge in [0.15, 0.2) is 0 Å². The summed E-state index contributed by atoms with van der Waals surface area (Å²) in [6, 6.07) is 3.49. The highest BCUT2D eigenvalue weighted by molar-refractivity contribution is 6.30. The molecule has 0 unspecified atom stereocenters. The number of carbonyl (C=O) groups excluding carboxylic acids is 1. The molecular formula is C22H31ClF2N2O3. The zero-order valence-electron chi connectivity index (χ0n) is 17.8. The first-order valence-corrected chi connectivity index (χ1v) is 11.0. The van der Waals surface area contributed by atoms with Crippen LogP contribution < -0.4 is 0 Å². The number of pyridine rings is 1. The van der Waals surface area contributed by atoms with Crippen molar-refractivity contribution in [3.8, 4) is 0 Å². The Kier molecular flexibility index (Phi) is 6.63. The molecule has 1 aromatic rings. The number of rotatable bonds is 3. The molecule has 8 heteroatoms. The van der Waals surface area contributed by atoms with E-state index in [2.05, 4.69) is 4.98 Å². The van der Waals surface area contributed by atoms with Gasteiger partial charge < -0.3 is 14.7 Å². The smallest absolute Gasteiger partial charge is 0.410 e. The van der Waals surface area contributed by atoms with Gasteiger partial charge in [-0.05, 0) is 64.5 Å². The van der Waals surface area contributed by atoms with E-state index >= 15 is 0 Å². The Bertz CT molecular complexity index is 734. The van der Waals surface area contributed by atoms with E-state index in [4.69, 9.17) is 16.3 Å². The minimum Gasteiger partial charge on any atom is -0.444 e. The lowest BCUT2D eigenvalue weighted by Gasteiger charge is -2.46. The molecule has 1 saturated heterocycles. The number of carbonyl (C=O) groups is 1. The molecule has 1 aliphatic heterocycles. The largest absolute Gasteiger partial charge is 0.444 e. The summed E-state index contributed by atoms with van der Waals surface area (Å²) >= 11 is 5.98. The highest BCUT2D eigenvalue weighted by Crippen LogP contribution is 2.48. The van der Waals surface area contributed by atoms with Crippen molar-refractivity contribution in [2.24, 2.45) is 5.92 Å². The molecule has 3 rings (SSSR count). The molecule has 1 saturated carbocycles. The fourth-order valence-electron chi connectivity index (χ4n) is 4.64. The topological polar surface area (TPSA) is 62.7 Å². The van der Waals surface area contributed by atoms with Gasteiger partial charge in [0.05, 0.1) is 10.6 Å². The van der Waals surface area contributed by atoms with Gasteiger partial charge in [0.1, 0.15) is 5.60 Å². The molecule has 2 aliphatic rings. The van der Waals surface area contributed by atoms with Crippen LogP contribution in [0.1, 0.15) is 70.9 Å². The van der Waals surface area contributed by atoms with Crippen molar-refractivity contribution < 1.29 is 23.4 Å². The Balaban J connectivity index is 1.78. The zero-order valence-corrected chi connectivity index (χ0v) is 18.6. The number of halogens is 3. The van der Waals surface area contributed by atoms with Crippen LogP contribution in [0.5, 0.6) is 0 Å². The molecule has 2 fully saturated rings. The Morgan fingerprint density at radius 3 is 2.33 bits per heavy atom. The molecule has 5 nitrogen and oxygen atoms in total. The summed E-state index contributed by atoms with van der Waals surface area (Å²) in [5.74, 6) is -3.13. The number of nitrogens with zero attached hydrogens (tertiary/aromatic N) is 2. The minimum absolute atomic E-state index is 0.101. The Hall–Kier alpha value is -1.47. The maximum atomic E-state index is 13.8. The lowest BCUT2D eigenvalue weighted by atomic mass is 9.66. The van der Waals surface area contributed by atoms with Gasteiger partial charge in [-0.1, -0.05) is 11.6 Å². The van der Waals surface area contributed by atoms with Crippen molar-refractivity contribution in [1.29, 1.82) is 0 Å². The van der Waals surface area contributed by atoms with Crippen LogP contribution in [0.3, 0.4) is 0 Å². The molecule has 1 aliphatic carbocycles. The first kappa shape index (κ1) is 23.2. The third-order valence-corrected chi connectivity index (χ3v) is 6.39. The first-order valence-electron chi connectivity index (χ1n) is 10.6. The molecule has 168 valence electrons. The average molecular weight is 445 g/mol. The number of hydrogen-bond acceptors (Lipinski definition) is 4. The number of piperidine rings is 1. The van der Waals surface area contributed by atoms with Crippen LogP contribution in [0, 0.1) is 5.92 Å². The fraction of sp³-hybridized carbons (Fsp3) is 0.727. The number of amides is 1. The second-order valence-electron chi connectivity index (χ2n) is 9.64. The molecule has 0 bridgehead atoms. The monoisotopic (exact) mass is 444 g/mol. The highest BCUT2D eigenvalue weighted by atomic mass is 35.5. The SMILES string of the molecule is CC(C)(C)OC(=O)N1CCC(O)([C@H](c2ccc(Cl)cn2)C2CCC(F)(F)CC2)CC1. The molecule has 2 heterocycles. The van der Waals surface area contributed by atoms with Crippen molar-refractivity contribution in [2.75, 3.05) is 13.1 Å². The molecule has 1 amide bonds. The highest BCUT2D eigenvalue weighted by Gasteiger charge is 2.48. The summed E-state index contributed by atoms with van der Waals surface area (Å²) in [4.78, 5) is 18.4. The predicted molar refractivity (Wildman–Crippen MR) is 111 cm³/mol. The van der Waals surface area contributed by atoms with Crippen LogP contribution >= 0.6 is 11.6 Å². The molecule has 0 spiro atoms. The Morgan fingerprint density at radius 2 is 1.83 bits per heavy atom. The number of aromatic nitrogens is 1. The van der Waals surface area contributed by atoms with E-state index in [1.54, 1.807) is 17.0 Å². The van der Waals surface area contributed by atoms with Crippen LogP contribution in [0.25, 0.3) is 0 Å². The van der Waals surface area contributed by atoms with E-state index in [1.165, 1.54) is 6.20 Å². The molecule has 1 atom stereocenters. The number of likely N-dealkylation sites (tertiary alicyclic amines) is 1. The second kappa shape index (κ2) is 8.58. The minimum atomic E-state index is -2.64. The molecule has 30 heavy (non-hydrogen) atoms. The van der Waals surface area contributed by atoms with E-state index in [0.717, 1.165) is 0 Å². The van der Waals surface area contributed by atoms with E-state index in [-0.39, 0.29) is 24.7 Å². The van der Waals surface area contributed by atoms with Crippen molar-refractivity contribution in [3.63, 3.8) is 0 Å². The van der Waals surface area contributed by atoms with Crippen molar-refractivity contribution in [2.45, 2.75) is 82.3 Å². The molecular weight excluding hydrogens is 414 g/mol. The summed E-state index contributed by atoms with van der Waals surface area (Å²) in [6.45, 7) is 6.13. The lowest BCUT2D eigenvalue weighted by Crippen LogP contribution is -2.52. The summed E-state index contributed by atoms with van der Waals surface area (Å²) in [7, 11) is 0. The fourth-order valence-corrected chi connectivity index (χ4v) is 4.75. The Labute approximate surface area is 181 Å².